The Kier molecular flexibility index (Phi) is 5.81. The van der Waals surface area contributed by atoms with Crippen LogP contribution in [0.15, 0.2) is 47.4 Å². The quantitative estimate of drug-likeness (QED) is 0.685. The van der Waals surface area contributed by atoms with Crippen molar-refractivity contribution in [2.45, 2.75) is 43.5 Å². The third-order valence-electron chi connectivity index (χ3n) is 5.51. The van der Waals surface area contributed by atoms with Gasteiger partial charge in [-0.1, -0.05) is 0 Å². The Labute approximate surface area is 180 Å². The van der Waals surface area contributed by atoms with Gasteiger partial charge >= 0.3 is 0 Å². The highest BCUT2D eigenvalue weighted by molar-refractivity contribution is 7.89. The summed E-state index contributed by atoms with van der Waals surface area (Å²) in [6.07, 6.45) is 2.38. The topological polar surface area (TPSA) is 95.6 Å². The van der Waals surface area contributed by atoms with Crippen LogP contribution in [0.4, 0.5) is 15.8 Å². The zero-order chi connectivity index (χ0) is 22.2. The summed E-state index contributed by atoms with van der Waals surface area (Å²) in [5, 5.41) is 2.59. The molecule has 1 aliphatic heterocycles. The average molecular weight is 446 g/mol. The number of anilines is 2. The summed E-state index contributed by atoms with van der Waals surface area (Å²) in [4.78, 5) is 26.4. The number of nitrogens with zero attached hydrogens (tertiary/aromatic N) is 1. The Bertz CT molecular complexity index is 1110. The predicted molar refractivity (Wildman–Crippen MR) is 115 cm³/mol. The van der Waals surface area contributed by atoms with Gasteiger partial charge in [-0.2, -0.15) is 0 Å². The van der Waals surface area contributed by atoms with E-state index in [1.165, 1.54) is 30.3 Å². The van der Waals surface area contributed by atoms with Gasteiger partial charge in [-0.05, 0) is 74.2 Å². The molecule has 2 amide bonds. The van der Waals surface area contributed by atoms with Crippen LogP contribution < -0.4 is 14.9 Å². The van der Waals surface area contributed by atoms with E-state index in [2.05, 4.69) is 10.0 Å². The van der Waals surface area contributed by atoms with Crippen LogP contribution in [0.1, 0.15) is 31.7 Å². The first kappa shape index (κ1) is 21.5. The zero-order valence-electron chi connectivity index (χ0n) is 17.1. The first-order valence-corrected chi connectivity index (χ1v) is 11.7. The summed E-state index contributed by atoms with van der Waals surface area (Å²) in [7, 11) is -3.80. The monoisotopic (exact) mass is 445 g/mol. The van der Waals surface area contributed by atoms with E-state index in [1.807, 2.05) is 6.92 Å². The number of nitrogens with one attached hydrogen (secondary N) is 2. The van der Waals surface area contributed by atoms with E-state index in [-0.39, 0.29) is 41.6 Å². The summed E-state index contributed by atoms with van der Waals surface area (Å²) < 4.78 is 40.7. The van der Waals surface area contributed by atoms with Crippen molar-refractivity contribution >= 4 is 33.2 Å². The normalized spacial score (nSPS) is 18.0. The lowest BCUT2D eigenvalue weighted by Crippen LogP contribution is -2.36. The lowest BCUT2D eigenvalue weighted by Gasteiger charge is -2.22. The highest BCUT2D eigenvalue weighted by Gasteiger charge is 2.39. The van der Waals surface area contributed by atoms with Gasteiger partial charge in [-0.3, -0.25) is 9.59 Å². The van der Waals surface area contributed by atoms with Gasteiger partial charge in [0.2, 0.25) is 21.8 Å². The van der Waals surface area contributed by atoms with Crippen LogP contribution in [0.25, 0.3) is 0 Å². The predicted octanol–water partition coefficient (Wildman–Crippen LogP) is 2.82. The van der Waals surface area contributed by atoms with Crippen LogP contribution >= 0.6 is 0 Å². The summed E-state index contributed by atoms with van der Waals surface area (Å²) >= 11 is 0. The van der Waals surface area contributed by atoms with Crippen LogP contribution in [0.5, 0.6) is 0 Å². The number of fused-ring (bicyclic) bond motifs is 1. The van der Waals surface area contributed by atoms with E-state index in [0.717, 1.165) is 24.1 Å². The van der Waals surface area contributed by atoms with Gasteiger partial charge in [0, 0.05) is 36.3 Å². The Balaban J connectivity index is 1.37. The molecule has 0 saturated heterocycles. The van der Waals surface area contributed by atoms with Crippen molar-refractivity contribution in [3.8, 4) is 0 Å². The molecule has 9 heteroatoms. The maximum atomic E-state index is 12.9. The second-order valence-corrected chi connectivity index (χ2v) is 9.80. The SMILES string of the molecule is CC1Cc2cc(S(=O)(=O)NCCC(=O)Nc3ccc(F)cc3)ccc2N1C(=O)C1CC1. The second kappa shape index (κ2) is 8.39. The molecular formula is C22H24FN3O4S. The van der Waals surface area contributed by atoms with E-state index in [1.54, 1.807) is 17.0 Å². The average Bonchev–Trinajstić information content (AvgIpc) is 3.51. The molecule has 1 saturated carbocycles. The number of carbonyl (C=O) groups is 2. The molecule has 2 aromatic carbocycles. The van der Waals surface area contributed by atoms with Crippen molar-refractivity contribution < 1.29 is 22.4 Å². The van der Waals surface area contributed by atoms with E-state index < -0.39 is 15.8 Å². The van der Waals surface area contributed by atoms with Crippen LogP contribution in [0.2, 0.25) is 0 Å². The number of amides is 2. The minimum atomic E-state index is -3.80. The maximum absolute atomic E-state index is 12.9. The van der Waals surface area contributed by atoms with Gasteiger partial charge in [-0.15, -0.1) is 0 Å². The molecule has 2 aromatic rings. The summed E-state index contributed by atoms with van der Waals surface area (Å²) in [6.45, 7) is 1.89. The number of halogens is 1. The number of hydrogen-bond donors (Lipinski definition) is 2. The molecule has 31 heavy (non-hydrogen) atoms. The third-order valence-corrected chi connectivity index (χ3v) is 6.97. The standard InChI is InChI=1S/C22H24FN3O4S/c1-14-12-16-13-19(8-9-20(16)26(14)22(28)15-2-3-15)31(29,30)24-11-10-21(27)25-18-6-4-17(23)5-7-18/h4-9,13-15,24H,2-3,10-12H2,1H3,(H,25,27). The Hall–Kier alpha value is -2.78. The number of hydrogen-bond acceptors (Lipinski definition) is 4. The lowest BCUT2D eigenvalue weighted by molar-refractivity contribution is -0.120. The summed E-state index contributed by atoms with van der Waals surface area (Å²) in [5.74, 6) is -0.576. The first-order valence-electron chi connectivity index (χ1n) is 10.3. The van der Waals surface area contributed by atoms with Crippen LogP contribution in [0, 0.1) is 11.7 Å². The zero-order valence-corrected chi connectivity index (χ0v) is 17.9. The summed E-state index contributed by atoms with van der Waals surface area (Å²) in [5.41, 5.74) is 2.05. The van der Waals surface area contributed by atoms with Crippen LogP contribution in [-0.4, -0.2) is 32.8 Å². The van der Waals surface area contributed by atoms with Gasteiger partial charge in [0.05, 0.1) is 4.90 Å². The molecule has 0 aromatic heterocycles. The molecule has 2 N–H and O–H groups in total. The van der Waals surface area contributed by atoms with Crippen molar-refractivity contribution in [3.05, 3.63) is 53.8 Å². The number of sulfonamides is 1. The van der Waals surface area contributed by atoms with Crippen LogP contribution in [0.3, 0.4) is 0 Å². The van der Waals surface area contributed by atoms with E-state index in [0.29, 0.717) is 12.1 Å². The van der Waals surface area contributed by atoms with Crippen LogP contribution in [-0.2, 0) is 26.0 Å². The molecule has 7 nitrogen and oxygen atoms in total. The molecule has 1 unspecified atom stereocenters. The lowest BCUT2D eigenvalue weighted by atomic mass is 10.1. The third kappa shape index (κ3) is 4.77. The molecular weight excluding hydrogens is 421 g/mol. The molecule has 4 rings (SSSR count). The van der Waals surface area contributed by atoms with Crippen molar-refractivity contribution in [2.24, 2.45) is 5.92 Å². The fraction of sp³-hybridized carbons (Fsp3) is 0.364. The fourth-order valence-corrected chi connectivity index (χ4v) is 4.86. The minimum Gasteiger partial charge on any atom is -0.326 e. The van der Waals surface area contributed by atoms with Gasteiger partial charge in [-0.25, -0.2) is 17.5 Å². The van der Waals surface area contributed by atoms with Crippen molar-refractivity contribution in [1.82, 2.24) is 4.72 Å². The van der Waals surface area contributed by atoms with E-state index >= 15 is 0 Å². The van der Waals surface area contributed by atoms with Crippen molar-refractivity contribution in [2.75, 3.05) is 16.8 Å². The molecule has 1 fully saturated rings. The molecule has 1 aliphatic carbocycles. The molecule has 0 bridgehead atoms. The van der Waals surface area contributed by atoms with Gasteiger partial charge in [0.25, 0.3) is 0 Å². The van der Waals surface area contributed by atoms with Gasteiger partial charge in [0.15, 0.2) is 0 Å². The Morgan fingerprint density at radius 3 is 2.52 bits per heavy atom. The smallest absolute Gasteiger partial charge is 0.240 e. The molecule has 1 heterocycles. The van der Waals surface area contributed by atoms with E-state index in [9.17, 15) is 22.4 Å². The minimum absolute atomic E-state index is 0.00386. The molecule has 164 valence electrons. The fourth-order valence-electron chi connectivity index (χ4n) is 3.78. The van der Waals surface area contributed by atoms with Crippen molar-refractivity contribution in [1.29, 1.82) is 0 Å². The molecule has 0 radical (unpaired) electrons. The number of carbonyl (C=O) groups excluding carboxylic acids is 2. The number of benzene rings is 2. The van der Waals surface area contributed by atoms with Gasteiger partial charge < -0.3 is 10.2 Å². The molecule has 1 atom stereocenters. The van der Waals surface area contributed by atoms with E-state index in [4.69, 9.17) is 0 Å². The second-order valence-electron chi connectivity index (χ2n) is 8.03. The van der Waals surface area contributed by atoms with Crippen molar-refractivity contribution in [3.63, 3.8) is 0 Å². The number of rotatable bonds is 7. The highest BCUT2D eigenvalue weighted by Crippen LogP contribution is 2.39. The largest absolute Gasteiger partial charge is 0.326 e. The Morgan fingerprint density at radius 2 is 1.84 bits per heavy atom. The van der Waals surface area contributed by atoms with Gasteiger partial charge in [0.1, 0.15) is 5.82 Å². The Morgan fingerprint density at radius 1 is 1.13 bits per heavy atom. The maximum Gasteiger partial charge on any atom is 0.240 e. The molecule has 0 spiro atoms. The highest BCUT2D eigenvalue weighted by atomic mass is 32.2. The first-order chi connectivity index (χ1) is 14.7. The molecule has 2 aliphatic rings. The summed E-state index contributed by atoms with van der Waals surface area (Å²) in [6, 6.07) is 10.1.